The third kappa shape index (κ3) is 3.34. The Morgan fingerprint density at radius 3 is 2.72 bits per heavy atom. The monoisotopic (exact) mass is 405 g/mol. The summed E-state index contributed by atoms with van der Waals surface area (Å²) in [6.45, 7) is 3.30. The summed E-state index contributed by atoms with van der Waals surface area (Å²) >= 11 is 1.30. The van der Waals surface area contributed by atoms with Crippen LogP contribution >= 0.6 is 11.3 Å². The normalized spacial score (nSPS) is 16.4. The van der Waals surface area contributed by atoms with E-state index in [1.165, 1.54) is 18.3 Å². The summed E-state index contributed by atoms with van der Waals surface area (Å²) in [4.78, 5) is 35.1. The largest absolute Gasteiger partial charge is 0.496 e. The Bertz CT molecular complexity index is 1300. The van der Waals surface area contributed by atoms with Crippen LogP contribution in [0.4, 0.5) is 0 Å². The van der Waals surface area contributed by atoms with E-state index in [1.54, 1.807) is 37.1 Å². The number of nitrogens with zero attached hydrogens (tertiary/aromatic N) is 3. The first-order valence-electron chi connectivity index (χ1n) is 9.07. The van der Waals surface area contributed by atoms with Crippen molar-refractivity contribution in [1.82, 2.24) is 9.55 Å². The second-order valence-corrected chi connectivity index (χ2v) is 7.68. The lowest BCUT2D eigenvalue weighted by molar-refractivity contribution is -0.114. The smallest absolute Gasteiger partial charge is 0.271 e. The molecule has 1 atom stereocenters. The van der Waals surface area contributed by atoms with Gasteiger partial charge in [0.1, 0.15) is 5.75 Å². The van der Waals surface area contributed by atoms with Gasteiger partial charge in [0.05, 0.1) is 17.7 Å². The van der Waals surface area contributed by atoms with Crippen LogP contribution in [0.1, 0.15) is 31.0 Å². The standard InChI is InChI=1S/C22H19N3O3S/c1-13-19(14(2)26)20(16-8-4-5-9-17(16)28-3)25-21(27)18(29-22(25)24-13)11-15-7-6-10-23-12-15/h4-12,20H,1-3H3/b18-11+/t20-/m0/s1. The van der Waals surface area contributed by atoms with E-state index >= 15 is 0 Å². The lowest BCUT2D eigenvalue weighted by atomic mass is 9.93. The summed E-state index contributed by atoms with van der Waals surface area (Å²) in [5.41, 5.74) is 2.50. The van der Waals surface area contributed by atoms with Crippen LogP contribution in [0.15, 0.2) is 69.8 Å². The molecule has 0 bridgehead atoms. The number of hydrogen-bond acceptors (Lipinski definition) is 6. The second kappa shape index (κ2) is 7.60. The fourth-order valence-electron chi connectivity index (χ4n) is 3.57. The zero-order chi connectivity index (χ0) is 20.5. The Morgan fingerprint density at radius 2 is 2.03 bits per heavy atom. The van der Waals surface area contributed by atoms with E-state index in [4.69, 9.17) is 4.74 Å². The molecule has 0 aliphatic carbocycles. The van der Waals surface area contributed by atoms with Gasteiger partial charge in [0.25, 0.3) is 5.56 Å². The van der Waals surface area contributed by atoms with Crippen molar-refractivity contribution in [3.8, 4) is 5.75 Å². The highest BCUT2D eigenvalue weighted by Crippen LogP contribution is 2.35. The van der Waals surface area contributed by atoms with Gasteiger partial charge in [-0.05, 0) is 37.6 Å². The number of hydrogen-bond donors (Lipinski definition) is 0. The number of ketones is 1. The highest BCUT2D eigenvalue weighted by atomic mass is 32.1. The number of ether oxygens (including phenoxy) is 1. The minimum absolute atomic E-state index is 0.122. The number of para-hydroxylation sites is 1. The Kier molecular flexibility index (Phi) is 4.98. The van der Waals surface area contributed by atoms with Crippen molar-refractivity contribution >= 4 is 23.2 Å². The highest BCUT2D eigenvalue weighted by Gasteiger charge is 2.32. The van der Waals surface area contributed by atoms with E-state index < -0.39 is 6.04 Å². The van der Waals surface area contributed by atoms with E-state index in [0.717, 1.165) is 11.1 Å². The van der Waals surface area contributed by atoms with Crippen LogP contribution in [0.5, 0.6) is 5.75 Å². The zero-order valence-electron chi connectivity index (χ0n) is 16.2. The van der Waals surface area contributed by atoms with Crippen molar-refractivity contribution in [2.24, 2.45) is 4.99 Å². The van der Waals surface area contributed by atoms with Gasteiger partial charge in [0, 0.05) is 29.2 Å². The molecular formula is C22H19N3O3S. The minimum atomic E-state index is -0.587. The van der Waals surface area contributed by atoms with Crippen LogP contribution in [0.2, 0.25) is 0 Å². The Morgan fingerprint density at radius 1 is 1.24 bits per heavy atom. The average Bonchev–Trinajstić information content (AvgIpc) is 3.02. The maximum absolute atomic E-state index is 13.4. The van der Waals surface area contributed by atoms with Gasteiger partial charge >= 0.3 is 0 Å². The van der Waals surface area contributed by atoms with Crippen LogP contribution in [-0.4, -0.2) is 22.4 Å². The molecule has 1 aromatic carbocycles. The molecular weight excluding hydrogens is 386 g/mol. The molecule has 0 saturated heterocycles. The number of benzene rings is 1. The first kappa shape index (κ1) is 19.0. The lowest BCUT2D eigenvalue weighted by Gasteiger charge is -2.25. The van der Waals surface area contributed by atoms with E-state index in [9.17, 15) is 9.59 Å². The number of pyridine rings is 1. The van der Waals surface area contributed by atoms with Gasteiger partial charge in [-0.25, -0.2) is 4.99 Å². The van der Waals surface area contributed by atoms with E-state index in [-0.39, 0.29) is 11.3 Å². The fourth-order valence-corrected chi connectivity index (χ4v) is 4.62. The van der Waals surface area contributed by atoms with Gasteiger partial charge in [-0.3, -0.25) is 19.1 Å². The predicted molar refractivity (Wildman–Crippen MR) is 112 cm³/mol. The molecule has 0 N–H and O–H groups in total. The molecule has 4 rings (SSSR count). The van der Waals surface area contributed by atoms with E-state index in [2.05, 4.69) is 9.98 Å². The zero-order valence-corrected chi connectivity index (χ0v) is 17.1. The number of rotatable bonds is 4. The van der Waals surface area contributed by atoms with Crippen molar-refractivity contribution in [3.05, 3.63) is 90.9 Å². The first-order chi connectivity index (χ1) is 14.0. The molecule has 2 aromatic heterocycles. The molecule has 3 heterocycles. The Labute approximate surface area is 171 Å². The van der Waals surface area contributed by atoms with Crippen molar-refractivity contribution in [2.75, 3.05) is 7.11 Å². The first-order valence-corrected chi connectivity index (χ1v) is 9.89. The number of carbonyl (C=O) groups excluding carboxylic acids is 1. The number of aromatic nitrogens is 2. The molecule has 0 fully saturated rings. The molecule has 3 aromatic rings. The van der Waals surface area contributed by atoms with E-state index in [1.807, 2.05) is 36.4 Å². The molecule has 0 saturated carbocycles. The number of thiazole rings is 1. The number of allylic oxidation sites excluding steroid dienone is 2. The summed E-state index contributed by atoms with van der Waals surface area (Å²) in [5.74, 6) is 0.497. The molecule has 6 nitrogen and oxygen atoms in total. The molecule has 146 valence electrons. The van der Waals surface area contributed by atoms with Crippen LogP contribution in [0.25, 0.3) is 6.08 Å². The molecule has 0 amide bonds. The van der Waals surface area contributed by atoms with Gasteiger partial charge < -0.3 is 4.74 Å². The maximum Gasteiger partial charge on any atom is 0.271 e. The predicted octanol–water partition coefficient (Wildman–Crippen LogP) is 2.23. The Hall–Kier alpha value is -3.32. The second-order valence-electron chi connectivity index (χ2n) is 6.67. The molecule has 1 aliphatic heterocycles. The minimum Gasteiger partial charge on any atom is -0.496 e. The quantitative estimate of drug-likeness (QED) is 0.667. The van der Waals surface area contributed by atoms with Crippen LogP contribution in [-0.2, 0) is 4.79 Å². The lowest BCUT2D eigenvalue weighted by Crippen LogP contribution is -2.39. The number of carbonyl (C=O) groups is 1. The molecule has 1 aliphatic rings. The fraction of sp³-hybridized carbons (Fsp3) is 0.182. The van der Waals surface area contributed by atoms with Crippen molar-refractivity contribution in [2.45, 2.75) is 19.9 Å². The van der Waals surface area contributed by atoms with Gasteiger partial charge in [0.15, 0.2) is 10.6 Å². The average molecular weight is 405 g/mol. The summed E-state index contributed by atoms with van der Waals surface area (Å²) in [7, 11) is 1.58. The molecule has 7 heteroatoms. The van der Waals surface area contributed by atoms with Crippen LogP contribution in [0.3, 0.4) is 0 Å². The van der Waals surface area contributed by atoms with E-state index in [0.29, 0.717) is 26.4 Å². The third-order valence-electron chi connectivity index (χ3n) is 4.82. The van der Waals surface area contributed by atoms with Crippen molar-refractivity contribution in [3.63, 3.8) is 0 Å². The summed E-state index contributed by atoms with van der Waals surface area (Å²) < 4.78 is 7.65. The van der Waals surface area contributed by atoms with Gasteiger partial charge in [-0.15, -0.1) is 0 Å². The summed E-state index contributed by atoms with van der Waals surface area (Å²) in [6, 6.07) is 10.6. The molecule has 29 heavy (non-hydrogen) atoms. The Balaban J connectivity index is 2.03. The van der Waals surface area contributed by atoms with Crippen molar-refractivity contribution < 1.29 is 9.53 Å². The number of methoxy groups -OCH3 is 1. The highest BCUT2D eigenvalue weighted by molar-refractivity contribution is 7.07. The van der Waals surface area contributed by atoms with Gasteiger partial charge in [0.2, 0.25) is 0 Å². The van der Waals surface area contributed by atoms with Crippen LogP contribution in [0, 0.1) is 0 Å². The molecule has 0 radical (unpaired) electrons. The molecule has 0 spiro atoms. The summed E-state index contributed by atoms with van der Waals surface area (Å²) in [5, 5.41) is 0. The van der Waals surface area contributed by atoms with Gasteiger partial charge in [-0.1, -0.05) is 35.6 Å². The topological polar surface area (TPSA) is 73.6 Å². The third-order valence-corrected chi connectivity index (χ3v) is 5.80. The summed E-state index contributed by atoms with van der Waals surface area (Å²) in [6.07, 6.45) is 5.17. The van der Waals surface area contributed by atoms with Crippen molar-refractivity contribution in [1.29, 1.82) is 0 Å². The number of fused-ring (bicyclic) bond motifs is 1. The molecule has 0 unspecified atom stereocenters. The SMILES string of the molecule is COc1ccccc1[C@H]1C(C(C)=O)=C(C)N=c2s/c(=C/c3cccnc3)c(=O)n21. The van der Waals surface area contributed by atoms with Gasteiger partial charge in [-0.2, -0.15) is 0 Å². The maximum atomic E-state index is 13.4. The number of Topliss-reactive ketones (excluding diaryl/α,β-unsaturated/α-hetero) is 1. The van der Waals surface area contributed by atoms with Crippen LogP contribution < -0.4 is 19.6 Å².